The summed E-state index contributed by atoms with van der Waals surface area (Å²) in [5, 5.41) is 1.26. The van der Waals surface area contributed by atoms with Crippen LogP contribution >= 0.6 is 15.9 Å². The monoisotopic (exact) mass is 420 g/mol. The minimum absolute atomic E-state index is 0.161. The Balaban J connectivity index is 1.27. The van der Waals surface area contributed by atoms with Gasteiger partial charge in [0, 0.05) is 46.1 Å². The number of fused-ring (bicyclic) bond motifs is 1. The van der Waals surface area contributed by atoms with E-state index in [1.807, 2.05) is 4.90 Å². The minimum Gasteiger partial charge on any atom is -0.361 e. The van der Waals surface area contributed by atoms with E-state index in [4.69, 9.17) is 0 Å². The number of amides is 1. The molecule has 1 N–H and O–H groups in total. The van der Waals surface area contributed by atoms with Gasteiger partial charge in [0.15, 0.2) is 0 Å². The number of rotatable bonds is 3. The van der Waals surface area contributed by atoms with Gasteiger partial charge in [-0.15, -0.1) is 0 Å². The minimum atomic E-state index is 0.161. The van der Waals surface area contributed by atoms with Gasteiger partial charge in [-0.25, -0.2) is 0 Å². The third-order valence-electron chi connectivity index (χ3n) is 5.86. The van der Waals surface area contributed by atoms with Gasteiger partial charge in [-0.3, -0.25) is 4.79 Å². The Bertz CT molecular complexity index is 1030. The van der Waals surface area contributed by atoms with Gasteiger partial charge in [-0.2, -0.15) is 0 Å². The molecule has 2 unspecified atom stereocenters. The van der Waals surface area contributed by atoms with Crippen LogP contribution in [-0.4, -0.2) is 28.9 Å². The maximum absolute atomic E-state index is 12.9. The summed E-state index contributed by atoms with van der Waals surface area (Å²) in [7, 11) is 0. The van der Waals surface area contributed by atoms with E-state index >= 15 is 0 Å². The Kier molecular flexibility index (Phi) is 4.16. The fourth-order valence-electron chi connectivity index (χ4n) is 4.23. The van der Waals surface area contributed by atoms with Crippen LogP contribution in [-0.2, 0) is 4.79 Å². The van der Waals surface area contributed by atoms with Crippen molar-refractivity contribution in [1.29, 1.82) is 0 Å². The van der Waals surface area contributed by atoms with E-state index < -0.39 is 0 Å². The van der Waals surface area contributed by atoms with Crippen LogP contribution in [0, 0.1) is 5.92 Å². The molecule has 136 valence electrons. The molecule has 1 aliphatic carbocycles. The van der Waals surface area contributed by atoms with Crippen molar-refractivity contribution in [2.45, 2.75) is 18.8 Å². The first-order chi connectivity index (χ1) is 13.2. The number of nitrogens with zero attached hydrogens (tertiary/aromatic N) is 1. The lowest BCUT2D eigenvalue weighted by Gasteiger charge is -2.27. The average Bonchev–Trinajstić information content (AvgIpc) is 3.39. The van der Waals surface area contributed by atoms with Crippen LogP contribution in [0.5, 0.6) is 0 Å². The lowest BCUT2D eigenvalue weighted by Crippen LogP contribution is -2.36. The van der Waals surface area contributed by atoms with E-state index in [0.29, 0.717) is 11.8 Å². The lowest BCUT2D eigenvalue weighted by molar-refractivity contribution is -0.132. The highest BCUT2D eigenvalue weighted by atomic mass is 79.9. The number of aromatic nitrogens is 1. The number of halogens is 1. The number of hydrogen-bond acceptors (Lipinski definition) is 1. The molecular weight excluding hydrogens is 400 g/mol. The number of aromatic amines is 1. The molecule has 0 radical (unpaired) electrons. The first-order valence-corrected chi connectivity index (χ1v) is 10.3. The summed E-state index contributed by atoms with van der Waals surface area (Å²) in [6.45, 7) is 1.53. The summed E-state index contributed by atoms with van der Waals surface area (Å²) in [5.41, 5.74) is 5.07. The van der Waals surface area contributed by atoms with Crippen LogP contribution in [0.1, 0.15) is 29.9 Å². The summed E-state index contributed by atoms with van der Waals surface area (Å²) in [6, 6.07) is 16.8. The number of hydrogen-bond donors (Lipinski definition) is 1. The molecule has 2 heterocycles. The number of H-pyrrole nitrogens is 1. The number of para-hydroxylation sites is 1. The molecule has 0 bridgehead atoms. The first kappa shape index (κ1) is 16.8. The van der Waals surface area contributed by atoms with E-state index in [1.165, 1.54) is 27.6 Å². The number of nitrogens with one attached hydrogen (secondary N) is 1. The second-order valence-corrected chi connectivity index (χ2v) is 8.43. The van der Waals surface area contributed by atoms with Crippen LogP contribution in [0.3, 0.4) is 0 Å². The molecule has 0 spiro atoms. The fourth-order valence-corrected chi connectivity index (χ4v) is 4.50. The van der Waals surface area contributed by atoms with Crippen molar-refractivity contribution in [2.24, 2.45) is 5.92 Å². The maximum atomic E-state index is 12.9. The van der Waals surface area contributed by atoms with Gasteiger partial charge in [0.25, 0.3) is 0 Å². The highest BCUT2D eigenvalue weighted by Crippen LogP contribution is 2.49. The summed E-state index contributed by atoms with van der Waals surface area (Å²) < 4.78 is 1.08. The zero-order valence-electron chi connectivity index (χ0n) is 15.0. The van der Waals surface area contributed by atoms with Crippen LogP contribution in [0.2, 0.25) is 0 Å². The zero-order chi connectivity index (χ0) is 18.4. The highest BCUT2D eigenvalue weighted by Gasteiger charge is 2.45. The maximum Gasteiger partial charge on any atom is 0.226 e. The van der Waals surface area contributed by atoms with Gasteiger partial charge in [-0.1, -0.05) is 52.3 Å². The van der Waals surface area contributed by atoms with Crippen molar-refractivity contribution in [1.82, 2.24) is 9.88 Å². The largest absolute Gasteiger partial charge is 0.361 e. The predicted octanol–water partition coefficient (Wildman–Crippen LogP) is 5.35. The van der Waals surface area contributed by atoms with Crippen molar-refractivity contribution < 1.29 is 4.79 Å². The van der Waals surface area contributed by atoms with Crippen LogP contribution in [0.25, 0.3) is 16.5 Å². The fraction of sp³-hybridized carbons (Fsp3) is 0.261. The van der Waals surface area contributed by atoms with Gasteiger partial charge < -0.3 is 9.88 Å². The number of carbonyl (C=O) groups excluding carboxylic acids is 1. The standard InChI is InChI=1S/C23H21BrN2O/c24-17-7-5-15(6-8-17)19-13-20(19)23(27)26-11-9-16(10-12-26)21-14-25-22-4-2-1-3-18(21)22/h1-9,14,19-20,25H,10-13H2. The summed E-state index contributed by atoms with van der Waals surface area (Å²) >= 11 is 3.47. The normalized spacial score (nSPS) is 22.0. The SMILES string of the molecule is O=C(C1CC1c1ccc(Br)cc1)N1CC=C(c2c[nH]c3ccccc23)CC1. The molecule has 2 aliphatic rings. The Morgan fingerprint density at radius 3 is 2.70 bits per heavy atom. The van der Waals surface area contributed by atoms with E-state index in [9.17, 15) is 4.79 Å². The van der Waals surface area contributed by atoms with E-state index in [-0.39, 0.29) is 5.92 Å². The molecule has 5 rings (SSSR count). The lowest BCUT2D eigenvalue weighted by atomic mass is 9.98. The quantitative estimate of drug-likeness (QED) is 0.608. The van der Waals surface area contributed by atoms with E-state index in [2.05, 4.69) is 81.7 Å². The topological polar surface area (TPSA) is 36.1 Å². The molecule has 3 aromatic rings. The van der Waals surface area contributed by atoms with Crippen molar-refractivity contribution in [3.05, 3.63) is 76.4 Å². The Labute approximate surface area is 167 Å². The molecule has 27 heavy (non-hydrogen) atoms. The van der Waals surface area contributed by atoms with Gasteiger partial charge in [0.1, 0.15) is 0 Å². The smallest absolute Gasteiger partial charge is 0.226 e. The Morgan fingerprint density at radius 2 is 1.93 bits per heavy atom. The average molecular weight is 421 g/mol. The van der Waals surface area contributed by atoms with Crippen molar-refractivity contribution in [3.63, 3.8) is 0 Å². The molecule has 4 heteroatoms. The second-order valence-electron chi connectivity index (χ2n) is 7.51. The summed E-state index contributed by atoms with van der Waals surface area (Å²) in [5.74, 6) is 0.871. The van der Waals surface area contributed by atoms with Crippen LogP contribution in [0.15, 0.2) is 65.3 Å². The highest BCUT2D eigenvalue weighted by molar-refractivity contribution is 9.10. The molecule has 3 nitrogen and oxygen atoms in total. The van der Waals surface area contributed by atoms with Crippen molar-refractivity contribution in [2.75, 3.05) is 13.1 Å². The van der Waals surface area contributed by atoms with Gasteiger partial charge in [-0.05, 0) is 48.1 Å². The summed E-state index contributed by atoms with van der Waals surface area (Å²) in [4.78, 5) is 18.3. The Hall–Kier alpha value is -2.33. The first-order valence-electron chi connectivity index (χ1n) is 9.50. The molecule has 1 fully saturated rings. The predicted molar refractivity (Wildman–Crippen MR) is 112 cm³/mol. The molecule has 0 saturated heterocycles. The van der Waals surface area contributed by atoms with Crippen LogP contribution in [0.4, 0.5) is 0 Å². The number of carbonyl (C=O) groups is 1. The number of benzene rings is 2. The van der Waals surface area contributed by atoms with Gasteiger partial charge in [0.2, 0.25) is 5.91 Å². The van der Waals surface area contributed by atoms with Gasteiger partial charge >= 0.3 is 0 Å². The van der Waals surface area contributed by atoms with E-state index in [0.717, 1.165) is 30.4 Å². The third-order valence-corrected chi connectivity index (χ3v) is 6.39. The van der Waals surface area contributed by atoms with Crippen LogP contribution < -0.4 is 0 Å². The second kappa shape index (κ2) is 6.68. The molecule has 1 aliphatic heterocycles. The molecule has 2 aromatic carbocycles. The zero-order valence-corrected chi connectivity index (χ0v) is 16.6. The van der Waals surface area contributed by atoms with Gasteiger partial charge in [0.05, 0.1) is 0 Å². The Morgan fingerprint density at radius 1 is 1.11 bits per heavy atom. The molecule has 1 saturated carbocycles. The van der Waals surface area contributed by atoms with E-state index in [1.54, 1.807) is 0 Å². The molecular formula is C23H21BrN2O. The van der Waals surface area contributed by atoms with Crippen molar-refractivity contribution >= 4 is 38.3 Å². The molecule has 1 aromatic heterocycles. The van der Waals surface area contributed by atoms with Crippen molar-refractivity contribution in [3.8, 4) is 0 Å². The summed E-state index contributed by atoms with van der Waals surface area (Å²) in [6.07, 6.45) is 6.23. The third kappa shape index (κ3) is 3.12. The molecule has 1 amide bonds. The molecule has 2 atom stereocenters.